The number of nitrogens with zero attached hydrogens (tertiary/aromatic N) is 5. The Kier molecular flexibility index (Phi) is 4.73. The summed E-state index contributed by atoms with van der Waals surface area (Å²) < 4.78 is 2.18. The molecule has 0 N–H and O–H groups in total. The Hall–Kier alpha value is -3.02. The minimum absolute atomic E-state index is 0.00235. The van der Waals surface area contributed by atoms with Crippen LogP contribution in [0.15, 0.2) is 61.3 Å². The molecular formula is C20H21N5O. The van der Waals surface area contributed by atoms with E-state index in [2.05, 4.69) is 19.5 Å². The van der Waals surface area contributed by atoms with Gasteiger partial charge in [0.15, 0.2) is 0 Å². The minimum Gasteiger partial charge on any atom is -0.337 e. The number of hydrogen-bond acceptors (Lipinski definition) is 4. The SMILES string of the molecule is O=C(c1ccccn1)N1CCC[C@H](c2nccn2Cc2ccncc2)C1. The molecule has 4 heterocycles. The summed E-state index contributed by atoms with van der Waals surface area (Å²) in [5, 5.41) is 0. The first kappa shape index (κ1) is 16.4. The van der Waals surface area contributed by atoms with Crippen LogP contribution < -0.4 is 0 Å². The number of rotatable bonds is 4. The lowest BCUT2D eigenvalue weighted by molar-refractivity contribution is 0.0697. The zero-order chi connectivity index (χ0) is 17.8. The van der Waals surface area contributed by atoms with Crippen LogP contribution in [0.25, 0.3) is 0 Å². The Morgan fingerprint density at radius 1 is 1.08 bits per heavy atom. The summed E-state index contributed by atoms with van der Waals surface area (Å²) in [7, 11) is 0. The van der Waals surface area contributed by atoms with Gasteiger partial charge in [0, 0.05) is 56.5 Å². The van der Waals surface area contributed by atoms with Crippen LogP contribution >= 0.6 is 0 Å². The molecule has 1 fully saturated rings. The highest BCUT2D eigenvalue weighted by Crippen LogP contribution is 2.27. The predicted octanol–water partition coefficient (Wildman–Crippen LogP) is 2.74. The van der Waals surface area contributed by atoms with E-state index in [1.807, 2.05) is 41.6 Å². The highest BCUT2D eigenvalue weighted by atomic mass is 16.2. The number of imidazole rings is 1. The van der Waals surface area contributed by atoms with Crippen molar-refractivity contribution in [3.63, 3.8) is 0 Å². The molecule has 6 nitrogen and oxygen atoms in total. The van der Waals surface area contributed by atoms with Gasteiger partial charge in [0.05, 0.1) is 0 Å². The lowest BCUT2D eigenvalue weighted by Crippen LogP contribution is -2.40. The van der Waals surface area contributed by atoms with Crippen molar-refractivity contribution >= 4 is 5.91 Å². The molecule has 0 unspecified atom stereocenters. The third-order valence-corrected chi connectivity index (χ3v) is 4.81. The standard InChI is InChI=1S/C20H21N5O/c26-20(18-5-1-2-8-22-18)25-12-3-4-17(15-25)19-23-11-13-24(19)14-16-6-9-21-10-7-16/h1-2,5-11,13,17H,3-4,12,14-15H2/t17-/m0/s1. The highest BCUT2D eigenvalue weighted by Gasteiger charge is 2.28. The van der Waals surface area contributed by atoms with Crippen molar-refractivity contribution in [3.8, 4) is 0 Å². The summed E-state index contributed by atoms with van der Waals surface area (Å²) in [6, 6.07) is 9.48. The van der Waals surface area contributed by atoms with E-state index in [1.54, 1.807) is 24.7 Å². The highest BCUT2D eigenvalue weighted by molar-refractivity contribution is 5.92. The Balaban J connectivity index is 1.50. The quantitative estimate of drug-likeness (QED) is 0.728. The van der Waals surface area contributed by atoms with Crippen molar-refractivity contribution in [2.75, 3.05) is 13.1 Å². The fourth-order valence-electron chi connectivity index (χ4n) is 3.52. The maximum atomic E-state index is 12.7. The van der Waals surface area contributed by atoms with E-state index in [-0.39, 0.29) is 11.8 Å². The van der Waals surface area contributed by atoms with Crippen LogP contribution in [0.3, 0.4) is 0 Å². The number of carbonyl (C=O) groups is 1. The summed E-state index contributed by atoms with van der Waals surface area (Å²) in [4.78, 5) is 27.5. The van der Waals surface area contributed by atoms with E-state index < -0.39 is 0 Å². The fraction of sp³-hybridized carbons (Fsp3) is 0.300. The maximum Gasteiger partial charge on any atom is 0.272 e. The predicted molar refractivity (Wildman–Crippen MR) is 97.7 cm³/mol. The van der Waals surface area contributed by atoms with Gasteiger partial charge >= 0.3 is 0 Å². The fourth-order valence-corrected chi connectivity index (χ4v) is 3.52. The zero-order valence-electron chi connectivity index (χ0n) is 14.5. The van der Waals surface area contributed by atoms with Gasteiger partial charge in [0.2, 0.25) is 0 Å². The molecule has 0 radical (unpaired) electrons. The lowest BCUT2D eigenvalue weighted by atomic mass is 9.96. The molecule has 1 amide bonds. The van der Waals surface area contributed by atoms with Crippen molar-refractivity contribution in [2.45, 2.75) is 25.3 Å². The summed E-state index contributed by atoms with van der Waals surface area (Å²) >= 11 is 0. The number of amides is 1. The van der Waals surface area contributed by atoms with Crippen molar-refractivity contribution in [2.24, 2.45) is 0 Å². The van der Waals surface area contributed by atoms with Gasteiger partial charge in [0.25, 0.3) is 5.91 Å². The molecule has 1 aliphatic rings. The molecule has 1 aliphatic heterocycles. The molecule has 132 valence electrons. The second-order valence-corrected chi connectivity index (χ2v) is 6.57. The number of aromatic nitrogens is 4. The Morgan fingerprint density at radius 3 is 2.77 bits per heavy atom. The molecule has 1 atom stereocenters. The van der Waals surface area contributed by atoms with E-state index in [9.17, 15) is 4.79 Å². The summed E-state index contributed by atoms with van der Waals surface area (Å²) in [6.45, 7) is 2.22. The average molecular weight is 347 g/mol. The number of hydrogen-bond donors (Lipinski definition) is 0. The largest absolute Gasteiger partial charge is 0.337 e. The molecule has 0 aromatic carbocycles. The normalized spacial score (nSPS) is 17.2. The second-order valence-electron chi connectivity index (χ2n) is 6.57. The second kappa shape index (κ2) is 7.47. The van der Waals surface area contributed by atoms with E-state index >= 15 is 0 Å². The van der Waals surface area contributed by atoms with Gasteiger partial charge in [-0.15, -0.1) is 0 Å². The van der Waals surface area contributed by atoms with Crippen LogP contribution in [-0.4, -0.2) is 43.4 Å². The molecule has 0 saturated carbocycles. The molecule has 3 aromatic rings. The third kappa shape index (κ3) is 3.49. The van der Waals surface area contributed by atoms with Crippen LogP contribution in [0.4, 0.5) is 0 Å². The number of carbonyl (C=O) groups excluding carboxylic acids is 1. The van der Waals surface area contributed by atoms with Crippen LogP contribution in [-0.2, 0) is 6.54 Å². The van der Waals surface area contributed by atoms with Crippen molar-refractivity contribution in [3.05, 3.63) is 78.4 Å². The topological polar surface area (TPSA) is 63.9 Å². The minimum atomic E-state index is 0.00235. The first-order valence-electron chi connectivity index (χ1n) is 8.91. The number of pyridine rings is 2. The van der Waals surface area contributed by atoms with Gasteiger partial charge < -0.3 is 9.47 Å². The molecule has 4 rings (SSSR count). The molecule has 3 aromatic heterocycles. The van der Waals surface area contributed by atoms with Crippen LogP contribution in [0, 0.1) is 0 Å². The first-order valence-corrected chi connectivity index (χ1v) is 8.91. The van der Waals surface area contributed by atoms with Crippen molar-refractivity contribution in [1.29, 1.82) is 0 Å². The maximum absolute atomic E-state index is 12.7. The van der Waals surface area contributed by atoms with Crippen LogP contribution in [0.5, 0.6) is 0 Å². The molecule has 0 bridgehead atoms. The first-order chi connectivity index (χ1) is 12.8. The van der Waals surface area contributed by atoms with E-state index in [4.69, 9.17) is 0 Å². The summed E-state index contributed by atoms with van der Waals surface area (Å²) in [5.41, 5.74) is 1.70. The van der Waals surface area contributed by atoms with E-state index in [0.717, 1.165) is 31.8 Å². The molecule has 6 heteroatoms. The van der Waals surface area contributed by atoms with Crippen molar-refractivity contribution in [1.82, 2.24) is 24.4 Å². The number of piperidine rings is 1. The molecule has 26 heavy (non-hydrogen) atoms. The van der Waals surface area contributed by atoms with Gasteiger partial charge in [0.1, 0.15) is 11.5 Å². The monoisotopic (exact) mass is 347 g/mol. The van der Waals surface area contributed by atoms with Crippen molar-refractivity contribution < 1.29 is 4.79 Å². The summed E-state index contributed by atoms with van der Waals surface area (Å²) in [5.74, 6) is 1.29. The lowest BCUT2D eigenvalue weighted by Gasteiger charge is -2.32. The van der Waals surface area contributed by atoms with Crippen LogP contribution in [0.2, 0.25) is 0 Å². The van der Waals surface area contributed by atoms with Crippen LogP contribution in [0.1, 0.15) is 40.6 Å². The van der Waals surface area contributed by atoms with Gasteiger partial charge in [-0.2, -0.15) is 0 Å². The summed E-state index contributed by atoms with van der Waals surface area (Å²) in [6.07, 6.45) is 11.1. The Labute approximate surface area is 152 Å². The number of likely N-dealkylation sites (tertiary alicyclic amines) is 1. The smallest absolute Gasteiger partial charge is 0.272 e. The molecule has 0 aliphatic carbocycles. The molecule has 0 spiro atoms. The molecule has 1 saturated heterocycles. The van der Waals surface area contributed by atoms with E-state index in [0.29, 0.717) is 12.2 Å². The van der Waals surface area contributed by atoms with Gasteiger partial charge in [-0.25, -0.2) is 4.98 Å². The van der Waals surface area contributed by atoms with Gasteiger partial charge in [-0.3, -0.25) is 14.8 Å². The third-order valence-electron chi connectivity index (χ3n) is 4.81. The average Bonchev–Trinajstić information content (AvgIpc) is 3.17. The van der Waals surface area contributed by atoms with Gasteiger partial charge in [-0.1, -0.05) is 6.07 Å². The zero-order valence-corrected chi connectivity index (χ0v) is 14.5. The van der Waals surface area contributed by atoms with Gasteiger partial charge in [-0.05, 0) is 42.7 Å². The Bertz CT molecular complexity index is 862. The molecular weight excluding hydrogens is 326 g/mol. The Morgan fingerprint density at radius 2 is 1.96 bits per heavy atom. The van der Waals surface area contributed by atoms with E-state index in [1.165, 1.54) is 5.56 Å².